The number of fused-ring (bicyclic) bond motifs is 8. The highest BCUT2D eigenvalue weighted by atomic mass is 127. The van der Waals surface area contributed by atoms with Crippen molar-refractivity contribution in [2.45, 2.75) is 93.9 Å². The van der Waals surface area contributed by atoms with Crippen LogP contribution in [0, 0.1) is 49.4 Å². The average molecular weight is 2150 g/mol. The summed E-state index contributed by atoms with van der Waals surface area (Å²) in [6.07, 6.45) is 9.98. The lowest BCUT2D eigenvalue weighted by molar-refractivity contribution is 0.663. The van der Waals surface area contributed by atoms with Gasteiger partial charge in [0.2, 0.25) is 0 Å². The third-order valence-electron chi connectivity index (χ3n) is 22.4. The summed E-state index contributed by atoms with van der Waals surface area (Å²) in [5.74, 6) is 1.81. The van der Waals surface area contributed by atoms with Crippen molar-refractivity contribution in [1.29, 1.82) is 0 Å². The van der Waals surface area contributed by atoms with E-state index in [0.717, 1.165) is 136 Å². The van der Waals surface area contributed by atoms with E-state index in [-0.39, 0.29) is 28.2 Å². The first-order chi connectivity index (χ1) is 61.3. The van der Waals surface area contributed by atoms with Crippen LogP contribution in [-0.2, 0) is 32.6 Å². The van der Waals surface area contributed by atoms with Gasteiger partial charge in [0, 0.05) is 29.0 Å². The summed E-state index contributed by atoms with van der Waals surface area (Å²) in [6.45, 7) is 17.6. The zero-order chi connectivity index (χ0) is 89.1. The molecule has 0 aliphatic rings. The van der Waals surface area contributed by atoms with Crippen LogP contribution in [0.15, 0.2) is 233 Å². The van der Waals surface area contributed by atoms with Crippen LogP contribution in [0.5, 0.6) is 0 Å². The summed E-state index contributed by atoms with van der Waals surface area (Å²) in [7, 11) is 0. The van der Waals surface area contributed by atoms with Gasteiger partial charge in [-0.2, -0.15) is 20.4 Å². The summed E-state index contributed by atoms with van der Waals surface area (Å²) in [5, 5.41) is 28.3. The van der Waals surface area contributed by atoms with Crippen molar-refractivity contribution in [3.63, 3.8) is 0 Å². The second-order valence-corrected chi connectivity index (χ2v) is 35.2. The monoisotopic (exact) mass is 2150 g/mol. The molecule has 8 N–H and O–H groups in total. The Bertz CT molecular complexity index is 7860. The van der Waals surface area contributed by atoms with Crippen molar-refractivity contribution < 1.29 is 0 Å². The number of nitrogen functional groups attached to an aromatic ring is 4. The van der Waals surface area contributed by atoms with E-state index in [4.69, 9.17) is 34.5 Å². The second-order valence-electron chi connectivity index (χ2n) is 30.7. The largest absolute Gasteiger partial charge is 0.383 e. The predicted molar refractivity (Wildman–Crippen MR) is 534 cm³/mol. The van der Waals surface area contributed by atoms with Gasteiger partial charge in [0.25, 0.3) is 22.2 Å². The van der Waals surface area contributed by atoms with Crippen LogP contribution in [0.3, 0.4) is 0 Å². The number of rotatable bonds is 14. The number of pyridine rings is 5. The Labute approximate surface area is 783 Å². The van der Waals surface area contributed by atoms with Gasteiger partial charge in [-0.3, -0.25) is 42.4 Å². The number of nitrogens with two attached hydrogens (primary N) is 4. The number of benzene rings is 7. The molecule has 34 heteroatoms. The molecule has 0 atom stereocenters. The molecule has 0 aliphatic carbocycles. The molecule has 0 amide bonds. The molecule has 29 nitrogen and oxygen atoms in total. The van der Waals surface area contributed by atoms with Crippen molar-refractivity contribution in [2.24, 2.45) is 0 Å². The maximum atomic E-state index is 13.9. The van der Waals surface area contributed by atoms with Crippen molar-refractivity contribution >= 4 is 212 Å². The minimum atomic E-state index is -0.126. The number of aryl methyl sites for hydroxylation is 6. The summed E-state index contributed by atoms with van der Waals surface area (Å²) in [5.41, 5.74) is 39.7. The average Bonchev–Trinajstić information content (AvgIpc) is 1.72. The van der Waals surface area contributed by atoms with Gasteiger partial charge in [-0.1, -0.05) is 154 Å². The maximum absolute atomic E-state index is 13.9. The topological polar surface area (TPSA) is 379 Å². The van der Waals surface area contributed by atoms with E-state index < -0.39 is 0 Å². The lowest BCUT2D eigenvalue weighted by Gasteiger charge is -2.20. The molecule has 0 saturated carbocycles. The van der Waals surface area contributed by atoms with Gasteiger partial charge in [0.1, 0.15) is 63.4 Å². The molecule has 13 aromatic heterocycles. The quantitative estimate of drug-likeness (QED) is 0.0735. The van der Waals surface area contributed by atoms with Gasteiger partial charge >= 0.3 is 0 Å². The molecular formula is C93H78ClI4N25O4. The molecule has 634 valence electrons. The van der Waals surface area contributed by atoms with E-state index >= 15 is 0 Å². The molecule has 20 aromatic rings. The van der Waals surface area contributed by atoms with Crippen LogP contribution in [-0.4, -0.2) is 102 Å². The molecule has 0 saturated heterocycles. The Balaban J connectivity index is 0.000000119. The van der Waals surface area contributed by atoms with Crippen LogP contribution in [0.25, 0.3) is 110 Å². The molecule has 7 aromatic carbocycles. The molecule has 0 unspecified atom stereocenters. The molecule has 0 aliphatic heterocycles. The summed E-state index contributed by atoms with van der Waals surface area (Å²) < 4.78 is 17.0. The smallest absolute Gasteiger partial charge is 0.263 e. The standard InChI is InChI=1S/C25H23IN6O.C24H21IN6O.C22H16ClIN6O.C22H18IN7O/c1-14(2)18-9-4-5-10-19(18)32-17(11-16-8-6-7-15(3)20(16)25(32)33)12-31-24-21(22(26)30-31)23(27)28-13-29-24;1-3-15-8-4-5-10-18(15)31-17(11-16-9-6-7-14(2)19(16)24(31)32)12-30-23-20(21(25)29-30)22(26)27-13-28-23;1-12-5-4-6-13-9-14(10-29-21-18(19(24)28-29)20(25)26-11-27-21)30(22(31)17(12)13)16-8-3-2-7-15(16)23;1-12-6-7-25-9-16(12)30-15(8-14-5-3-4-13(2)17(14)22(30)31)10-29-21-18(19(23)28-29)20(24)26-11-27-21/h4-11,13-14H,12H2,1-3H3,(H2,27,28,29);4-11,13H,3,12H2,1-2H3,(H2,26,27,28);2-9,11H,10H2,1H3,(H2,25,26,27);3-9,11H,10H2,1-2H3,(H2,24,26,27). The van der Waals surface area contributed by atoms with E-state index in [1.165, 1.54) is 25.3 Å². The molecule has 0 bridgehead atoms. The molecule has 0 spiro atoms. The normalized spacial score (nSPS) is 11.5. The number of aromatic nitrogens is 21. The van der Waals surface area contributed by atoms with Crippen LogP contribution < -0.4 is 45.2 Å². The molecule has 0 radical (unpaired) electrons. The predicted octanol–water partition coefficient (Wildman–Crippen LogP) is 16.7. The number of hydrogen-bond acceptors (Lipinski definition) is 21. The highest BCUT2D eigenvalue weighted by Gasteiger charge is 2.26. The first kappa shape index (κ1) is 86.3. The van der Waals surface area contributed by atoms with Crippen LogP contribution in [0.4, 0.5) is 23.3 Å². The summed E-state index contributed by atoms with van der Waals surface area (Å²) in [4.78, 5) is 93.3. The fourth-order valence-corrected chi connectivity index (χ4v) is 19.7. The summed E-state index contributed by atoms with van der Waals surface area (Å²) in [6, 6.07) is 57.0. The first-order valence-electron chi connectivity index (χ1n) is 40.2. The van der Waals surface area contributed by atoms with Crippen molar-refractivity contribution in [3.8, 4) is 22.7 Å². The Hall–Kier alpha value is -12.9. The fourth-order valence-electron chi connectivity index (χ4n) is 16.4. The third-order valence-corrected chi connectivity index (χ3v) is 25.7. The molecule has 0 fully saturated rings. The van der Waals surface area contributed by atoms with E-state index in [0.29, 0.717) is 112 Å². The summed E-state index contributed by atoms with van der Waals surface area (Å²) >= 11 is 15.0. The molecule has 13 heterocycles. The lowest BCUT2D eigenvalue weighted by atomic mass is 10.00. The fraction of sp³-hybridized carbons (Fsp3) is 0.151. The van der Waals surface area contributed by atoms with E-state index in [1.54, 1.807) is 46.3 Å². The Morgan fingerprint density at radius 1 is 0.346 bits per heavy atom. The van der Waals surface area contributed by atoms with Crippen LogP contribution in [0.2, 0.25) is 5.02 Å². The van der Waals surface area contributed by atoms with Gasteiger partial charge in [0.05, 0.1) is 103 Å². The number of hydrogen-bond donors (Lipinski definition) is 4. The van der Waals surface area contributed by atoms with Gasteiger partial charge in [-0.05, 0) is 252 Å². The Morgan fingerprint density at radius 3 is 0.992 bits per heavy atom. The van der Waals surface area contributed by atoms with Gasteiger partial charge in [-0.25, -0.2) is 58.6 Å². The zero-order valence-electron chi connectivity index (χ0n) is 69.5. The SMILES string of the molecule is CCc1ccccc1-n1c(Cn2nc(I)c3c(N)ncnc32)cc2cccc(C)c2c1=O.Cc1cccc2cc(Cn3nc(I)c4c(N)ncnc43)n(-c3ccccc3C(C)C)c(=O)c12.Cc1cccc2cc(Cn3nc(I)c4c(N)ncnc43)n(-c3ccccc3Cl)c(=O)c12.Cc1ccncc1-n1c(Cn2nc(I)c3c(N)ncnc32)cc2cccc(C)c2c1=O. The van der Waals surface area contributed by atoms with Crippen molar-refractivity contribution in [2.75, 3.05) is 22.9 Å². The number of anilines is 4. The molecule has 127 heavy (non-hydrogen) atoms. The zero-order valence-corrected chi connectivity index (χ0v) is 78.9. The lowest BCUT2D eigenvalue weighted by Crippen LogP contribution is -2.25. The van der Waals surface area contributed by atoms with Crippen molar-refractivity contribution in [1.82, 2.24) is 102 Å². The van der Waals surface area contributed by atoms with Crippen molar-refractivity contribution in [3.05, 3.63) is 337 Å². The third kappa shape index (κ3) is 16.3. The number of halogens is 5. The van der Waals surface area contributed by atoms with Crippen LogP contribution in [0.1, 0.15) is 88.4 Å². The van der Waals surface area contributed by atoms with E-state index in [1.807, 2.05) is 189 Å². The van der Waals surface area contributed by atoms with E-state index in [9.17, 15) is 19.2 Å². The maximum Gasteiger partial charge on any atom is 0.263 e. The minimum absolute atomic E-state index is 0.0307. The second kappa shape index (κ2) is 35.9. The molecule has 20 rings (SSSR count). The number of nitrogens with zero attached hydrogens (tertiary/aromatic N) is 21. The minimum Gasteiger partial charge on any atom is -0.383 e. The molecular weight excluding hydrogens is 2070 g/mol. The Kier molecular flexibility index (Phi) is 24.4. The highest BCUT2D eigenvalue weighted by Crippen LogP contribution is 2.34. The van der Waals surface area contributed by atoms with Gasteiger partial charge in [-0.15, -0.1) is 0 Å². The van der Waals surface area contributed by atoms with Gasteiger partial charge in [0.15, 0.2) is 22.6 Å². The first-order valence-corrected chi connectivity index (χ1v) is 44.9. The van der Waals surface area contributed by atoms with E-state index in [2.05, 4.69) is 201 Å². The Morgan fingerprint density at radius 2 is 0.654 bits per heavy atom. The van der Waals surface area contributed by atoms with Crippen LogP contribution >= 0.6 is 102 Å². The highest BCUT2D eigenvalue weighted by molar-refractivity contribution is 14.1. The van der Waals surface area contributed by atoms with Gasteiger partial charge < -0.3 is 22.9 Å². The number of para-hydroxylation sites is 3.